The van der Waals surface area contributed by atoms with Crippen LogP contribution < -0.4 is 5.32 Å². The van der Waals surface area contributed by atoms with Crippen molar-refractivity contribution in [2.45, 2.75) is 19.9 Å². The average Bonchev–Trinajstić information content (AvgIpc) is 2.26. The Morgan fingerprint density at radius 1 is 1.41 bits per heavy atom. The predicted octanol–water partition coefficient (Wildman–Crippen LogP) is 3.74. The van der Waals surface area contributed by atoms with Gasteiger partial charge in [0, 0.05) is 21.4 Å². The number of alkyl halides is 1. The average molecular weight is 367 g/mol. The van der Waals surface area contributed by atoms with Gasteiger partial charge in [0.25, 0.3) is 5.91 Å². The molecule has 1 rings (SSSR count). The molecule has 1 aromatic carbocycles. The molecule has 94 valence electrons. The molecule has 0 heterocycles. The lowest BCUT2D eigenvalue weighted by Gasteiger charge is -2.19. The lowest BCUT2D eigenvalue weighted by molar-refractivity contribution is 0.0930. The Hall–Kier alpha value is -0.420. The first-order valence-corrected chi connectivity index (χ1v) is 7.18. The molecule has 2 nitrogen and oxygen atoms in total. The minimum Gasteiger partial charge on any atom is -0.349 e. The van der Waals surface area contributed by atoms with Gasteiger partial charge in [-0.3, -0.25) is 4.79 Å². The third kappa shape index (κ3) is 4.39. The number of nitrogens with one attached hydrogen (secondary N) is 1. The summed E-state index contributed by atoms with van der Waals surface area (Å²) in [7, 11) is 0. The second-order valence-electron chi connectivity index (χ2n) is 4.05. The van der Waals surface area contributed by atoms with Crippen LogP contribution in [0.4, 0.5) is 4.39 Å². The van der Waals surface area contributed by atoms with E-state index in [1.54, 1.807) is 6.07 Å². The van der Waals surface area contributed by atoms with Gasteiger partial charge in [0.1, 0.15) is 5.82 Å². The third-order valence-electron chi connectivity index (χ3n) is 2.58. The van der Waals surface area contributed by atoms with Crippen LogP contribution in [0.25, 0.3) is 0 Å². The largest absolute Gasteiger partial charge is 0.349 e. The molecule has 17 heavy (non-hydrogen) atoms. The van der Waals surface area contributed by atoms with Gasteiger partial charge >= 0.3 is 0 Å². The number of carbonyl (C=O) groups is 1. The molecule has 2 atom stereocenters. The molecular formula is C12H14Br2FNO. The van der Waals surface area contributed by atoms with Gasteiger partial charge in [0.15, 0.2) is 0 Å². The van der Waals surface area contributed by atoms with Gasteiger partial charge in [-0.05, 0) is 31.0 Å². The van der Waals surface area contributed by atoms with Crippen LogP contribution in [0.5, 0.6) is 0 Å². The molecule has 0 radical (unpaired) electrons. The highest BCUT2D eigenvalue weighted by Crippen LogP contribution is 2.15. The Labute approximate surface area is 117 Å². The minimum absolute atomic E-state index is 0.0314. The van der Waals surface area contributed by atoms with Gasteiger partial charge in [-0.1, -0.05) is 38.8 Å². The Morgan fingerprint density at radius 2 is 2.06 bits per heavy atom. The van der Waals surface area contributed by atoms with E-state index in [0.717, 1.165) is 5.33 Å². The fourth-order valence-electron chi connectivity index (χ4n) is 1.25. The zero-order chi connectivity index (χ0) is 13.0. The first-order valence-electron chi connectivity index (χ1n) is 5.27. The monoisotopic (exact) mass is 365 g/mol. The van der Waals surface area contributed by atoms with Crippen LogP contribution in [0, 0.1) is 11.7 Å². The molecule has 0 fully saturated rings. The van der Waals surface area contributed by atoms with Gasteiger partial charge in [-0.15, -0.1) is 0 Å². The molecule has 0 bridgehead atoms. The van der Waals surface area contributed by atoms with Crippen LogP contribution in [0.3, 0.4) is 0 Å². The predicted molar refractivity (Wildman–Crippen MR) is 74.0 cm³/mol. The summed E-state index contributed by atoms with van der Waals surface area (Å²) in [5.41, 5.74) is 0.325. The van der Waals surface area contributed by atoms with Crippen LogP contribution >= 0.6 is 31.9 Å². The number of carbonyl (C=O) groups excluding carboxylic acids is 1. The number of hydrogen-bond acceptors (Lipinski definition) is 1. The molecule has 2 unspecified atom stereocenters. The Morgan fingerprint density at radius 3 is 2.59 bits per heavy atom. The van der Waals surface area contributed by atoms with Crippen LogP contribution in [0.15, 0.2) is 22.7 Å². The van der Waals surface area contributed by atoms with Crippen molar-refractivity contribution in [3.05, 3.63) is 34.1 Å². The molecule has 5 heteroatoms. The summed E-state index contributed by atoms with van der Waals surface area (Å²) >= 11 is 6.53. The number of halogens is 3. The first-order chi connectivity index (χ1) is 7.93. The molecule has 0 saturated carbocycles. The highest BCUT2D eigenvalue weighted by atomic mass is 79.9. The van der Waals surface area contributed by atoms with Crippen molar-refractivity contribution in [2.75, 3.05) is 5.33 Å². The van der Waals surface area contributed by atoms with Crippen LogP contribution in [0.2, 0.25) is 0 Å². The number of amides is 1. The maximum absolute atomic E-state index is 13.1. The maximum atomic E-state index is 13.1. The number of hydrogen-bond donors (Lipinski definition) is 1. The topological polar surface area (TPSA) is 29.1 Å². The van der Waals surface area contributed by atoms with E-state index in [1.807, 2.05) is 13.8 Å². The highest BCUT2D eigenvalue weighted by molar-refractivity contribution is 9.10. The third-order valence-corrected chi connectivity index (χ3v) is 4.06. The summed E-state index contributed by atoms with van der Waals surface area (Å²) < 4.78 is 13.7. The van der Waals surface area contributed by atoms with Crippen molar-refractivity contribution in [2.24, 2.45) is 5.92 Å². The van der Waals surface area contributed by atoms with Gasteiger partial charge in [0.2, 0.25) is 0 Å². The molecule has 1 amide bonds. The number of benzene rings is 1. The lowest BCUT2D eigenvalue weighted by atomic mass is 10.1. The van der Waals surface area contributed by atoms with E-state index in [2.05, 4.69) is 37.2 Å². The van der Waals surface area contributed by atoms with E-state index >= 15 is 0 Å². The Kier molecular flexibility index (Phi) is 5.59. The summed E-state index contributed by atoms with van der Waals surface area (Å²) in [5.74, 6) is -0.368. The smallest absolute Gasteiger partial charge is 0.251 e. The molecule has 0 aliphatic carbocycles. The van der Waals surface area contributed by atoms with Crippen molar-refractivity contribution >= 4 is 37.8 Å². The van der Waals surface area contributed by atoms with Crippen molar-refractivity contribution in [3.8, 4) is 0 Å². The minimum atomic E-state index is -0.425. The SMILES string of the molecule is CC(CBr)C(C)NC(=O)c1cc(F)cc(Br)c1. The molecule has 0 aliphatic heterocycles. The van der Waals surface area contributed by atoms with Crippen LogP contribution in [-0.4, -0.2) is 17.3 Å². The molecule has 0 aromatic heterocycles. The first kappa shape index (κ1) is 14.6. The quantitative estimate of drug-likeness (QED) is 0.808. The van der Waals surface area contributed by atoms with Gasteiger partial charge in [-0.25, -0.2) is 4.39 Å². The summed E-state index contributed by atoms with van der Waals surface area (Å²) in [5, 5.41) is 3.65. The van der Waals surface area contributed by atoms with Gasteiger partial charge in [-0.2, -0.15) is 0 Å². The summed E-state index contributed by atoms with van der Waals surface area (Å²) in [4.78, 5) is 11.9. The zero-order valence-electron chi connectivity index (χ0n) is 9.64. The Bertz CT molecular complexity index is 391. The fraction of sp³-hybridized carbons (Fsp3) is 0.417. The maximum Gasteiger partial charge on any atom is 0.251 e. The summed E-state index contributed by atoms with van der Waals surface area (Å²) in [6, 6.07) is 4.18. The second kappa shape index (κ2) is 6.50. The fourth-order valence-corrected chi connectivity index (χ4v) is 2.28. The van der Waals surface area contributed by atoms with E-state index in [4.69, 9.17) is 0 Å². The van der Waals surface area contributed by atoms with Crippen molar-refractivity contribution in [3.63, 3.8) is 0 Å². The van der Waals surface area contributed by atoms with Crippen LogP contribution in [-0.2, 0) is 0 Å². The standard InChI is InChI=1S/C12H14Br2FNO/c1-7(6-13)8(2)16-12(17)9-3-10(14)5-11(15)4-9/h3-5,7-8H,6H2,1-2H3,(H,16,17). The number of rotatable bonds is 4. The molecule has 0 saturated heterocycles. The molecule has 1 aromatic rings. The zero-order valence-corrected chi connectivity index (χ0v) is 12.8. The van der Waals surface area contributed by atoms with E-state index in [1.165, 1.54) is 12.1 Å². The van der Waals surface area contributed by atoms with Crippen molar-refractivity contribution in [1.29, 1.82) is 0 Å². The van der Waals surface area contributed by atoms with Gasteiger partial charge in [0.05, 0.1) is 0 Å². The second-order valence-corrected chi connectivity index (χ2v) is 5.62. The summed E-state index contributed by atoms with van der Waals surface area (Å²) in [6.45, 7) is 3.96. The normalized spacial score (nSPS) is 14.2. The highest BCUT2D eigenvalue weighted by Gasteiger charge is 2.15. The molecule has 1 N–H and O–H groups in total. The molecular weight excluding hydrogens is 353 g/mol. The van der Waals surface area contributed by atoms with E-state index < -0.39 is 5.82 Å². The van der Waals surface area contributed by atoms with Gasteiger partial charge < -0.3 is 5.32 Å². The van der Waals surface area contributed by atoms with E-state index in [-0.39, 0.29) is 11.9 Å². The molecule has 0 aliphatic rings. The van der Waals surface area contributed by atoms with Crippen molar-refractivity contribution in [1.82, 2.24) is 5.32 Å². The van der Waals surface area contributed by atoms with E-state index in [0.29, 0.717) is 16.0 Å². The lowest BCUT2D eigenvalue weighted by Crippen LogP contribution is -2.37. The molecule has 0 spiro atoms. The van der Waals surface area contributed by atoms with Crippen molar-refractivity contribution < 1.29 is 9.18 Å². The Balaban J connectivity index is 2.76. The van der Waals surface area contributed by atoms with Crippen LogP contribution in [0.1, 0.15) is 24.2 Å². The summed E-state index contributed by atoms with van der Waals surface area (Å²) in [6.07, 6.45) is 0. The van der Waals surface area contributed by atoms with E-state index in [9.17, 15) is 9.18 Å².